The molecule has 2 aromatic carbocycles. The predicted molar refractivity (Wildman–Crippen MR) is 121 cm³/mol. The lowest BCUT2D eigenvalue weighted by molar-refractivity contribution is -0.156. The van der Waals surface area contributed by atoms with Crippen molar-refractivity contribution < 1.29 is 14.4 Å². The van der Waals surface area contributed by atoms with E-state index in [2.05, 4.69) is 10.3 Å². The highest BCUT2D eigenvalue weighted by Crippen LogP contribution is 2.16. The van der Waals surface area contributed by atoms with Gasteiger partial charge in [0.2, 0.25) is 0 Å². The second-order valence-corrected chi connectivity index (χ2v) is 7.87. The van der Waals surface area contributed by atoms with Crippen molar-refractivity contribution in [3.05, 3.63) is 94.8 Å². The summed E-state index contributed by atoms with van der Waals surface area (Å²) in [6.45, 7) is 1.51. The average Bonchev–Trinajstić information content (AvgIpc) is 2.81. The first kappa shape index (κ1) is 21.5. The van der Waals surface area contributed by atoms with Gasteiger partial charge in [0.25, 0.3) is 5.91 Å². The van der Waals surface area contributed by atoms with Crippen molar-refractivity contribution in [3.63, 3.8) is 0 Å². The second kappa shape index (κ2) is 9.62. The quantitative estimate of drug-likeness (QED) is 0.586. The number of carbonyl (C=O) groups is 3. The minimum Gasteiger partial charge on any atom is -0.328 e. The molecule has 1 N–H and O–H groups in total. The lowest BCUT2D eigenvalue weighted by Crippen LogP contribution is -2.53. The summed E-state index contributed by atoms with van der Waals surface area (Å²) in [4.78, 5) is 44.8. The fraction of sp³-hybridized carbons (Fsp3) is 0.167. The van der Waals surface area contributed by atoms with Crippen LogP contribution in [-0.2, 0) is 22.7 Å². The van der Waals surface area contributed by atoms with Crippen LogP contribution in [0.4, 0.5) is 5.69 Å². The van der Waals surface area contributed by atoms with Gasteiger partial charge in [-0.15, -0.1) is 0 Å². The predicted octanol–water partition coefficient (Wildman–Crippen LogP) is 3.36. The van der Waals surface area contributed by atoms with Crippen molar-refractivity contribution in [2.24, 2.45) is 0 Å². The SMILES string of the molecule is O=C(Nc1ccc(Cl)cc1)c1ccc(CN2CCN(Cc3ccccn3)C(=O)C2=O)cc1. The van der Waals surface area contributed by atoms with Crippen molar-refractivity contribution in [3.8, 4) is 0 Å². The third kappa shape index (κ3) is 5.12. The van der Waals surface area contributed by atoms with E-state index >= 15 is 0 Å². The summed E-state index contributed by atoms with van der Waals surface area (Å²) in [7, 11) is 0. The molecule has 1 aromatic heterocycles. The molecule has 1 aliphatic rings. The van der Waals surface area contributed by atoms with Crippen LogP contribution in [0, 0.1) is 0 Å². The first-order valence-electron chi connectivity index (χ1n) is 10.1. The number of hydrogen-bond donors (Lipinski definition) is 1. The maximum atomic E-state index is 12.6. The van der Waals surface area contributed by atoms with E-state index in [4.69, 9.17) is 11.6 Å². The summed E-state index contributed by atoms with van der Waals surface area (Å²) < 4.78 is 0. The smallest absolute Gasteiger partial charge is 0.312 e. The van der Waals surface area contributed by atoms with Crippen LogP contribution in [0.15, 0.2) is 72.9 Å². The molecule has 0 bridgehead atoms. The number of nitrogens with zero attached hydrogens (tertiary/aromatic N) is 3. The molecule has 1 saturated heterocycles. The van der Waals surface area contributed by atoms with Crippen LogP contribution < -0.4 is 5.32 Å². The van der Waals surface area contributed by atoms with Crippen LogP contribution in [0.5, 0.6) is 0 Å². The highest BCUT2D eigenvalue weighted by Gasteiger charge is 2.32. The molecule has 3 aromatic rings. The van der Waals surface area contributed by atoms with Gasteiger partial charge in [-0.2, -0.15) is 0 Å². The number of amides is 3. The number of nitrogens with one attached hydrogen (secondary N) is 1. The Morgan fingerprint density at radius 3 is 2.16 bits per heavy atom. The Labute approximate surface area is 190 Å². The molecule has 0 radical (unpaired) electrons. The Kier molecular flexibility index (Phi) is 6.47. The summed E-state index contributed by atoms with van der Waals surface area (Å²) >= 11 is 5.86. The molecule has 1 fully saturated rings. The Bertz CT molecular complexity index is 1120. The van der Waals surface area contributed by atoms with Crippen LogP contribution in [0.3, 0.4) is 0 Å². The molecule has 0 saturated carbocycles. The maximum Gasteiger partial charge on any atom is 0.312 e. The molecule has 4 rings (SSSR count). The molecular formula is C24H21ClN4O3. The van der Waals surface area contributed by atoms with E-state index in [0.717, 1.165) is 11.3 Å². The monoisotopic (exact) mass is 448 g/mol. The van der Waals surface area contributed by atoms with Gasteiger partial charge >= 0.3 is 11.8 Å². The minimum absolute atomic E-state index is 0.242. The van der Waals surface area contributed by atoms with Crippen molar-refractivity contribution in [1.82, 2.24) is 14.8 Å². The Morgan fingerprint density at radius 2 is 1.53 bits per heavy atom. The molecular weight excluding hydrogens is 428 g/mol. The largest absolute Gasteiger partial charge is 0.328 e. The Morgan fingerprint density at radius 1 is 0.875 bits per heavy atom. The van der Waals surface area contributed by atoms with Gasteiger partial charge in [0.15, 0.2) is 0 Å². The Hall–Kier alpha value is -3.71. The number of carbonyl (C=O) groups excluding carboxylic acids is 3. The van der Waals surface area contributed by atoms with Crippen LogP contribution in [0.2, 0.25) is 5.02 Å². The molecule has 162 valence electrons. The highest BCUT2D eigenvalue weighted by molar-refractivity contribution is 6.35. The third-order valence-electron chi connectivity index (χ3n) is 5.17. The standard InChI is InChI=1S/C24H21ClN4O3/c25-19-8-10-20(11-9-19)27-22(30)18-6-4-17(5-7-18)15-28-13-14-29(24(32)23(28)31)16-21-3-1-2-12-26-21/h1-12H,13-16H2,(H,27,30). The summed E-state index contributed by atoms with van der Waals surface area (Å²) in [6, 6.07) is 19.3. The summed E-state index contributed by atoms with van der Waals surface area (Å²) in [5.74, 6) is -1.30. The molecule has 0 aliphatic carbocycles. The van der Waals surface area contributed by atoms with Gasteiger partial charge < -0.3 is 15.1 Å². The number of piperazine rings is 1. The van der Waals surface area contributed by atoms with Gasteiger partial charge in [0.1, 0.15) is 0 Å². The van der Waals surface area contributed by atoms with E-state index in [0.29, 0.717) is 42.5 Å². The van der Waals surface area contributed by atoms with Gasteiger partial charge in [0.05, 0.1) is 12.2 Å². The summed E-state index contributed by atoms with van der Waals surface area (Å²) in [5.41, 5.74) is 2.73. The zero-order valence-electron chi connectivity index (χ0n) is 17.2. The van der Waals surface area contributed by atoms with Crippen LogP contribution in [0.1, 0.15) is 21.6 Å². The average molecular weight is 449 g/mol. The van der Waals surface area contributed by atoms with E-state index in [-0.39, 0.29) is 5.91 Å². The number of benzene rings is 2. The molecule has 0 unspecified atom stereocenters. The van der Waals surface area contributed by atoms with Gasteiger partial charge in [-0.3, -0.25) is 19.4 Å². The van der Waals surface area contributed by atoms with Crippen molar-refractivity contribution >= 4 is 35.0 Å². The molecule has 7 nitrogen and oxygen atoms in total. The number of aromatic nitrogens is 1. The molecule has 8 heteroatoms. The van der Waals surface area contributed by atoms with Crippen molar-refractivity contribution in [2.45, 2.75) is 13.1 Å². The van der Waals surface area contributed by atoms with Crippen LogP contribution in [-0.4, -0.2) is 45.6 Å². The molecule has 2 heterocycles. The zero-order chi connectivity index (χ0) is 22.5. The number of anilines is 1. The zero-order valence-corrected chi connectivity index (χ0v) is 18.0. The first-order chi connectivity index (χ1) is 15.5. The van der Waals surface area contributed by atoms with Crippen molar-refractivity contribution in [2.75, 3.05) is 18.4 Å². The fourth-order valence-corrected chi connectivity index (χ4v) is 3.55. The van der Waals surface area contributed by atoms with Crippen LogP contribution in [0.25, 0.3) is 0 Å². The minimum atomic E-state index is -0.531. The normalized spacial score (nSPS) is 13.9. The van der Waals surface area contributed by atoms with Gasteiger partial charge in [0, 0.05) is 42.1 Å². The third-order valence-corrected chi connectivity index (χ3v) is 5.42. The molecule has 32 heavy (non-hydrogen) atoms. The summed E-state index contributed by atoms with van der Waals surface area (Å²) in [6.07, 6.45) is 1.66. The molecule has 3 amide bonds. The van der Waals surface area contributed by atoms with Crippen molar-refractivity contribution in [1.29, 1.82) is 0 Å². The van der Waals surface area contributed by atoms with Crippen LogP contribution >= 0.6 is 11.6 Å². The lowest BCUT2D eigenvalue weighted by atomic mass is 10.1. The second-order valence-electron chi connectivity index (χ2n) is 7.43. The number of hydrogen-bond acceptors (Lipinski definition) is 4. The van der Waals surface area contributed by atoms with E-state index in [9.17, 15) is 14.4 Å². The summed E-state index contributed by atoms with van der Waals surface area (Å²) in [5, 5.41) is 3.40. The lowest BCUT2D eigenvalue weighted by Gasteiger charge is -2.33. The molecule has 1 aliphatic heterocycles. The topological polar surface area (TPSA) is 82.6 Å². The fourth-order valence-electron chi connectivity index (χ4n) is 3.42. The number of pyridine rings is 1. The number of halogens is 1. The Balaban J connectivity index is 1.34. The number of rotatable bonds is 6. The van der Waals surface area contributed by atoms with Gasteiger partial charge in [-0.25, -0.2) is 0 Å². The van der Waals surface area contributed by atoms with Gasteiger partial charge in [-0.1, -0.05) is 29.8 Å². The first-order valence-corrected chi connectivity index (χ1v) is 10.5. The van der Waals surface area contributed by atoms with Gasteiger partial charge in [-0.05, 0) is 54.1 Å². The van der Waals surface area contributed by atoms with E-state index in [1.165, 1.54) is 9.80 Å². The maximum absolute atomic E-state index is 12.6. The van der Waals surface area contributed by atoms with E-state index in [1.54, 1.807) is 60.8 Å². The van der Waals surface area contributed by atoms with E-state index < -0.39 is 11.8 Å². The highest BCUT2D eigenvalue weighted by atomic mass is 35.5. The van der Waals surface area contributed by atoms with E-state index in [1.807, 2.05) is 12.1 Å². The molecule has 0 spiro atoms. The molecule has 0 atom stereocenters.